The third-order valence-electron chi connectivity index (χ3n) is 7.33. The number of amides is 1. The summed E-state index contributed by atoms with van der Waals surface area (Å²) in [5, 5.41) is 4.85. The summed E-state index contributed by atoms with van der Waals surface area (Å²) in [6, 6.07) is 15.4. The molecule has 0 spiro atoms. The number of carbonyl (C=O) groups excluding carboxylic acids is 1. The number of carbonyl (C=O) groups is 1. The van der Waals surface area contributed by atoms with Crippen LogP contribution in [0.3, 0.4) is 0 Å². The van der Waals surface area contributed by atoms with Gasteiger partial charge in [-0.3, -0.25) is 9.69 Å². The number of hydrogen-bond donors (Lipinski definition) is 0. The van der Waals surface area contributed by atoms with Gasteiger partial charge in [0.25, 0.3) is 0 Å². The highest BCUT2D eigenvalue weighted by Gasteiger charge is 2.35. The number of alkyl halides is 3. The van der Waals surface area contributed by atoms with Gasteiger partial charge in [-0.1, -0.05) is 42.5 Å². The molecule has 0 bridgehead atoms. The number of aryl methyl sites for hydroxylation is 2. The van der Waals surface area contributed by atoms with E-state index in [-0.39, 0.29) is 11.7 Å². The smallest absolute Gasteiger partial charge is 0.373 e. The minimum absolute atomic E-state index is 0.0137. The molecule has 196 valence electrons. The van der Waals surface area contributed by atoms with E-state index < -0.39 is 11.9 Å². The molecular formula is C28H27F3N6O. The summed E-state index contributed by atoms with van der Waals surface area (Å²) in [4.78, 5) is 20.8. The third kappa shape index (κ3) is 4.13. The molecule has 0 unspecified atom stereocenters. The van der Waals surface area contributed by atoms with E-state index >= 15 is 0 Å². The second-order valence-electron chi connectivity index (χ2n) is 9.76. The number of para-hydroxylation sites is 1. The highest BCUT2D eigenvalue weighted by atomic mass is 19.4. The van der Waals surface area contributed by atoms with Crippen molar-refractivity contribution in [1.29, 1.82) is 0 Å². The summed E-state index contributed by atoms with van der Waals surface area (Å²) in [7, 11) is 2.08. The summed E-state index contributed by atoms with van der Waals surface area (Å²) in [6.45, 7) is 3.98. The van der Waals surface area contributed by atoms with Gasteiger partial charge in [-0.05, 0) is 24.5 Å². The lowest BCUT2D eigenvalue weighted by Crippen LogP contribution is -2.36. The average Bonchev–Trinajstić information content (AvgIpc) is 3.63. The number of likely N-dealkylation sites (N-methyl/N-ethyl adjacent to an activating group) is 1. The second-order valence-corrected chi connectivity index (χ2v) is 9.76. The van der Waals surface area contributed by atoms with Crippen LogP contribution in [0.1, 0.15) is 30.2 Å². The number of nitrogens with zero attached hydrogens (tertiary/aromatic N) is 6. The van der Waals surface area contributed by atoms with Gasteiger partial charge in [-0.2, -0.15) is 18.3 Å². The van der Waals surface area contributed by atoms with E-state index in [0.29, 0.717) is 31.6 Å². The molecule has 6 rings (SSSR count). The Kier molecular flexibility index (Phi) is 5.77. The van der Waals surface area contributed by atoms with Crippen molar-refractivity contribution < 1.29 is 18.0 Å². The summed E-state index contributed by atoms with van der Waals surface area (Å²) >= 11 is 0. The van der Waals surface area contributed by atoms with E-state index in [0.717, 1.165) is 41.8 Å². The van der Waals surface area contributed by atoms with Crippen molar-refractivity contribution in [1.82, 2.24) is 19.3 Å². The zero-order valence-corrected chi connectivity index (χ0v) is 21.2. The van der Waals surface area contributed by atoms with Gasteiger partial charge < -0.3 is 9.47 Å². The molecule has 0 fully saturated rings. The van der Waals surface area contributed by atoms with Crippen molar-refractivity contribution >= 4 is 17.4 Å². The minimum atomic E-state index is -4.50. The molecule has 7 nitrogen and oxygen atoms in total. The van der Waals surface area contributed by atoms with Crippen molar-refractivity contribution in [3.05, 3.63) is 71.5 Å². The van der Waals surface area contributed by atoms with Crippen LogP contribution in [0.15, 0.2) is 54.7 Å². The molecule has 0 radical (unpaired) electrons. The van der Waals surface area contributed by atoms with Gasteiger partial charge in [0.05, 0.1) is 18.8 Å². The molecule has 0 saturated heterocycles. The Morgan fingerprint density at radius 3 is 2.55 bits per heavy atom. The average molecular weight is 521 g/mol. The first-order valence-corrected chi connectivity index (χ1v) is 12.7. The van der Waals surface area contributed by atoms with Crippen LogP contribution < -0.4 is 9.80 Å². The molecular weight excluding hydrogens is 493 g/mol. The van der Waals surface area contributed by atoms with Crippen molar-refractivity contribution in [2.45, 2.75) is 45.6 Å². The lowest BCUT2D eigenvalue weighted by molar-refractivity contribution is -0.140. The topological polar surface area (TPSA) is 59.2 Å². The van der Waals surface area contributed by atoms with Crippen molar-refractivity contribution in [2.75, 3.05) is 23.4 Å². The van der Waals surface area contributed by atoms with Crippen molar-refractivity contribution in [3.63, 3.8) is 0 Å². The minimum Gasteiger partial charge on any atom is -0.373 e. The maximum atomic E-state index is 13.2. The van der Waals surface area contributed by atoms with Gasteiger partial charge in [0.15, 0.2) is 5.69 Å². The Balaban J connectivity index is 1.28. The summed E-state index contributed by atoms with van der Waals surface area (Å²) in [5.74, 6) is 1.03. The van der Waals surface area contributed by atoms with E-state index in [2.05, 4.69) is 35.1 Å². The number of rotatable bonds is 5. The maximum absolute atomic E-state index is 13.2. The molecule has 0 saturated carbocycles. The molecule has 4 aromatic rings. The fourth-order valence-corrected chi connectivity index (χ4v) is 5.37. The molecule has 0 aliphatic carbocycles. The molecule has 4 heterocycles. The maximum Gasteiger partial charge on any atom is 0.434 e. The molecule has 0 atom stereocenters. The highest BCUT2D eigenvalue weighted by Crippen LogP contribution is 2.39. The molecule has 10 heteroatoms. The van der Waals surface area contributed by atoms with Gasteiger partial charge in [-0.15, -0.1) is 0 Å². The van der Waals surface area contributed by atoms with Gasteiger partial charge in [0, 0.05) is 55.6 Å². The Morgan fingerprint density at radius 2 is 1.82 bits per heavy atom. The van der Waals surface area contributed by atoms with E-state index in [9.17, 15) is 18.0 Å². The number of fused-ring (bicyclic) bond motifs is 2. The zero-order chi connectivity index (χ0) is 26.6. The first-order chi connectivity index (χ1) is 18.2. The SMILES string of the molecule is CCn1cc(C(F)(F)F)nc1-c1ccc(CN2C(=O)CCn3nc(-c4cccc5c4N(C)CC5)cc32)cc1. The number of imidazole rings is 1. The summed E-state index contributed by atoms with van der Waals surface area (Å²) in [6.07, 6.45) is -2.11. The molecule has 2 aliphatic heterocycles. The molecule has 38 heavy (non-hydrogen) atoms. The van der Waals surface area contributed by atoms with Gasteiger partial charge >= 0.3 is 6.18 Å². The van der Waals surface area contributed by atoms with Gasteiger partial charge in [-0.25, -0.2) is 9.67 Å². The normalized spacial score (nSPS) is 15.2. The monoisotopic (exact) mass is 520 g/mol. The van der Waals surface area contributed by atoms with Crippen LogP contribution in [0.5, 0.6) is 0 Å². The van der Waals surface area contributed by atoms with Crippen LogP contribution in [-0.4, -0.2) is 38.8 Å². The van der Waals surface area contributed by atoms with Crippen LogP contribution in [0.4, 0.5) is 24.7 Å². The largest absolute Gasteiger partial charge is 0.434 e. The second kappa shape index (κ2) is 9.04. The van der Waals surface area contributed by atoms with Crippen LogP contribution in [-0.2, 0) is 37.0 Å². The summed E-state index contributed by atoms with van der Waals surface area (Å²) < 4.78 is 42.9. The highest BCUT2D eigenvalue weighted by molar-refractivity contribution is 5.94. The first kappa shape index (κ1) is 24.3. The lowest BCUT2D eigenvalue weighted by atomic mass is 10.0. The number of anilines is 2. The van der Waals surface area contributed by atoms with Gasteiger partial charge in [0.1, 0.15) is 11.6 Å². The van der Waals surface area contributed by atoms with E-state index in [4.69, 9.17) is 5.10 Å². The van der Waals surface area contributed by atoms with E-state index in [1.54, 1.807) is 24.0 Å². The van der Waals surface area contributed by atoms with Crippen molar-refractivity contribution in [2.24, 2.45) is 0 Å². The van der Waals surface area contributed by atoms with Gasteiger partial charge in [0.2, 0.25) is 5.91 Å². The molecule has 0 N–H and O–H groups in total. The first-order valence-electron chi connectivity index (χ1n) is 12.7. The Hall–Kier alpha value is -4.08. The van der Waals surface area contributed by atoms with Crippen molar-refractivity contribution in [3.8, 4) is 22.6 Å². The standard InChI is InChI=1S/C28H27F3N6O/c1-3-35-17-23(28(29,30)31)32-27(35)20-9-7-18(8-10-20)16-36-24-15-22(33-37(24)14-12-25(36)38)21-6-4-5-19-11-13-34(2)26(19)21/h4-10,15,17H,3,11-14,16H2,1-2H3. The third-order valence-corrected chi connectivity index (χ3v) is 7.33. The number of hydrogen-bond acceptors (Lipinski definition) is 4. The van der Waals surface area contributed by atoms with E-state index in [1.165, 1.54) is 15.8 Å². The molecule has 2 aromatic carbocycles. The number of aromatic nitrogens is 4. The molecule has 2 aliphatic rings. The molecule has 1 amide bonds. The Bertz CT molecular complexity index is 1520. The predicted molar refractivity (Wildman–Crippen MR) is 139 cm³/mol. The Labute approximate surface area is 218 Å². The quantitative estimate of drug-likeness (QED) is 0.355. The number of halogens is 3. The van der Waals surface area contributed by atoms with Crippen LogP contribution in [0.25, 0.3) is 22.6 Å². The van der Waals surface area contributed by atoms with Crippen LogP contribution in [0.2, 0.25) is 0 Å². The summed E-state index contributed by atoms with van der Waals surface area (Å²) in [5.41, 5.74) is 4.94. The zero-order valence-electron chi connectivity index (χ0n) is 21.2. The lowest BCUT2D eigenvalue weighted by Gasteiger charge is -2.27. The predicted octanol–water partition coefficient (Wildman–Crippen LogP) is 5.38. The fraction of sp³-hybridized carbons (Fsp3) is 0.321. The van der Waals surface area contributed by atoms with Crippen LogP contribution in [0, 0.1) is 0 Å². The van der Waals surface area contributed by atoms with Crippen LogP contribution >= 0.6 is 0 Å². The number of benzene rings is 2. The van der Waals surface area contributed by atoms with E-state index in [1.807, 2.05) is 22.9 Å². The molecule has 2 aromatic heterocycles. The Morgan fingerprint density at radius 1 is 1.03 bits per heavy atom. The fourth-order valence-electron chi connectivity index (χ4n) is 5.37.